The van der Waals surface area contributed by atoms with Crippen LogP contribution in [-0.4, -0.2) is 34.4 Å². The molecule has 0 bridgehead atoms. The van der Waals surface area contributed by atoms with Crippen LogP contribution < -0.4 is 4.74 Å². The van der Waals surface area contributed by atoms with Gasteiger partial charge in [-0.1, -0.05) is 18.6 Å². The van der Waals surface area contributed by atoms with Crippen LogP contribution in [0.4, 0.5) is 0 Å². The van der Waals surface area contributed by atoms with Gasteiger partial charge in [0.05, 0.1) is 12.7 Å². The normalized spacial score (nSPS) is 16.9. The Morgan fingerprint density at radius 3 is 2.64 bits per heavy atom. The zero-order chi connectivity index (χ0) is 15.5. The Kier molecular flexibility index (Phi) is 4.18. The fourth-order valence-corrected chi connectivity index (χ4v) is 3.27. The van der Waals surface area contributed by atoms with Gasteiger partial charge in [0.25, 0.3) is 0 Å². The Labute approximate surface area is 130 Å². The lowest BCUT2D eigenvalue weighted by atomic mass is 9.95. The molecule has 0 saturated heterocycles. The number of phenolic OH excluding ortho intramolecular Hbond substituents is 1. The van der Waals surface area contributed by atoms with Gasteiger partial charge in [0.1, 0.15) is 11.5 Å². The van der Waals surface area contributed by atoms with E-state index in [-0.39, 0.29) is 11.8 Å². The van der Waals surface area contributed by atoms with Crippen LogP contribution in [0.2, 0.25) is 0 Å². The molecule has 2 aromatic carbocycles. The zero-order valence-electron chi connectivity index (χ0n) is 12.8. The fourth-order valence-electron chi connectivity index (χ4n) is 3.27. The molecule has 4 heteroatoms. The molecule has 0 aliphatic heterocycles. The van der Waals surface area contributed by atoms with Crippen LogP contribution in [0.1, 0.15) is 37.7 Å². The Bertz CT molecular complexity index is 703. The fraction of sp³-hybridized carbons (Fsp3) is 0.389. The number of hydroxylamine groups is 1. The van der Waals surface area contributed by atoms with Crippen molar-refractivity contribution in [2.75, 3.05) is 7.11 Å². The van der Waals surface area contributed by atoms with E-state index >= 15 is 0 Å². The van der Waals surface area contributed by atoms with Crippen molar-refractivity contribution in [2.24, 2.45) is 0 Å². The van der Waals surface area contributed by atoms with Gasteiger partial charge in [0.15, 0.2) is 0 Å². The van der Waals surface area contributed by atoms with Gasteiger partial charge in [-0.05, 0) is 35.8 Å². The number of fused-ring (bicyclic) bond motifs is 1. The highest BCUT2D eigenvalue weighted by molar-refractivity contribution is 6.04. The molecular formula is C18H22NO3+. The molecule has 1 fully saturated rings. The molecular weight excluding hydrogens is 278 g/mol. The highest BCUT2D eigenvalue weighted by atomic mass is 16.5. The molecule has 0 aromatic heterocycles. The highest BCUT2D eigenvalue weighted by Gasteiger charge is 2.24. The number of nitrogens with zero attached hydrogens (tertiary/aromatic N) is 1. The van der Waals surface area contributed by atoms with Gasteiger partial charge in [-0.25, -0.2) is 0 Å². The number of ether oxygens (including phenoxy) is 1. The third-order valence-electron chi connectivity index (χ3n) is 4.45. The summed E-state index contributed by atoms with van der Waals surface area (Å²) in [5, 5.41) is 22.1. The topological polar surface area (TPSA) is 52.7 Å². The predicted octanol–water partition coefficient (Wildman–Crippen LogP) is 3.71. The molecule has 1 saturated carbocycles. The van der Waals surface area contributed by atoms with E-state index in [1.165, 1.54) is 11.2 Å². The minimum Gasteiger partial charge on any atom is -0.507 e. The molecule has 0 heterocycles. The van der Waals surface area contributed by atoms with E-state index in [0.717, 1.165) is 36.6 Å². The SMILES string of the molecule is COc1ccc(/C=[N+](\O)C2CCCCC2)c2c(O)cccc12. The van der Waals surface area contributed by atoms with E-state index in [1.54, 1.807) is 25.5 Å². The van der Waals surface area contributed by atoms with Gasteiger partial charge >= 0.3 is 0 Å². The van der Waals surface area contributed by atoms with E-state index in [4.69, 9.17) is 4.74 Å². The number of phenols is 1. The average molecular weight is 300 g/mol. The molecule has 3 rings (SSSR count). The van der Waals surface area contributed by atoms with Crippen LogP contribution in [-0.2, 0) is 0 Å². The average Bonchev–Trinajstić information content (AvgIpc) is 2.56. The van der Waals surface area contributed by atoms with Crippen molar-refractivity contribution in [2.45, 2.75) is 38.1 Å². The van der Waals surface area contributed by atoms with Crippen molar-refractivity contribution in [3.63, 3.8) is 0 Å². The van der Waals surface area contributed by atoms with Crippen molar-refractivity contribution in [3.8, 4) is 11.5 Å². The van der Waals surface area contributed by atoms with Crippen LogP contribution in [0.5, 0.6) is 11.5 Å². The first-order chi connectivity index (χ1) is 10.7. The second-order valence-electron chi connectivity index (χ2n) is 5.86. The summed E-state index contributed by atoms with van der Waals surface area (Å²) in [4.78, 5) is 0. The Balaban J connectivity index is 2.07. The summed E-state index contributed by atoms with van der Waals surface area (Å²) in [6.07, 6.45) is 7.29. The molecule has 0 atom stereocenters. The van der Waals surface area contributed by atoms with Crippen molar-refractivity contribution >= 4 is 17.0 Å². The number of aromatic hydroxyl groups is 1. The third kappa shape index (κ3) is 2.73. The largest absolute Gasteiger partial charge is 0.507 e. The predicted molar refractivity (Wildman–Crippen MR) is 86.3 cm³/mol. The number of rotatable bonds is 3. The molecule has 1 aliphatic carbocycles. The van der Waals surface area contributed by atoms with Crippen molar-refractivity contribution in [3.05, 3.63) is 35.9 Å². The first-order valence-electron chi connectivity index (χ1n) is 7.81. The van der Waals surface area contributed by atoms with Crippen LogP contribution in [0.3, 0.4) is 0 Å². The van der Waals surface area contributed by atoms with Crippen LogP contribution in [0, 0.1) is 0 Å². The second kappa shape index (κ2) is 6.26. The van der Waals surface area contributed by atoms with E-state index in [2.05, 4.69) is 0 Å². The van der Waals surface area contributed by atoms with Gasteiger partial charge in [-0.3, -0.25) is 5.21 Å². The lowest BCUT2D eigenvalue weighted by Crippen LogP contribution is -2.27. The number of hydrogen-bond donors (Lipinski definition) is 2. The summed E-state index contributed by atoms with van der Waals surface area (Å²) in [6, 6.07) is 9.25. The van der Waals surface area contributed by atoms with Gasteiger partial charge in [0.2, 0.25) is 12.3 Å². The molecule has 0 radical (unpaired) electrons. The van der Waals surface area contributed by atoms with Crippen molar-refractivity contribution in [1.29, 1.82) is 0 Å². The Morgan fingerprint density at radius 1 is 1.14 bits per heavy atom. The summed E-state index contributed by atoms with van der Waals surface area (Å²) >= 11 is 0. The quantitative estimate of drug-likeness (QED) is 0.393. The summed E-state index contributed by atoms with van der Waals surface area (Å²) in [7, 11) is 1.61. The van der Waals surface area contributed by atoms with Gasteiger partial charge in [-0.15, -0.1) is 0 Å². The number of methoxy groups -OCH3 is 1. The maximum Gasteiger partial charge on any atom is 0.223 e. The van der Waals surface area contributed by atoms with Crippen LogP contribution >= 0.6 is 0 Å². The standard InChI is InChI=1S/C18H21NO3/c1-22-17-11-10-13(18-15(17)8-5-9-16(18)20)12-19(21)14-6-3-2-4-7-14/h5,8-12,14H,2-4,6-7H2,1H3,(H-,20,21)/p+1/b19-12-. The molecule has 0 amide bonds. The molecule has 1 aliphatic rings. The Hall–Kier alpha value is -2.23. The van der Waals surface area contributed by atoms with Crippen molar-refractivity contribution < 1.29 is 19.8 Å². The van der Waals surface area contributed by atoms with Crippen LogP contribution in [0.15, 0.2) is 30.3 Å². The number of hydrogen-bond acceptors (Lipinski definition) is 3. The summed E-state index contributed by atoms with van der Waals surface area (Å²) in [6.45, 7) is 0. The minimum absolute atomic E-state index is 0.164. The molecule has 0 spiro atoms. The molecule has 2 aromatic rings. The lowest BCUT2D eigenvalue weighted by molar-refractivity contribution is -0.797. The van der Waals surface area contributed by atoms with E-state index in [1.807, 2.05) is 18.2 Å². The smallest absolute Gasteiger partial charge is 0.223 e. The molecule has 0 unspecified atom stereocenters. The first kappa shape index (κ1) is 14.7. The van der Waals surface area contributed by atoms with Gasteiger partial charge < -0.3 is 9.84 Å². The first-order valence-corrected chi connectivity index (χ1v) is 7.81. The summed E-state index contributed by atoms with van der Waals surface area (Å²) in [5.74, 6) is 0.907. The molecule has 2 N–H and O–H groups in total. The molecule has 22 heavy (non-hydrogen) atoms. The lowest BCUT2D eigenvalue weighted by Gasteiger charge is -2.15. The van der Waals surface area contributed by atoms with Gasteiger partial charge in [-0.2, -0.15) is 0 Å². The number of benzene rings is 2. The summed E-state index contributed by atoms with van der Waals surface area (Å²) < 4.78 is 6.67. The molecule has 116 valence electrons. The maximum absolute atomic E-state index is 10.4. The van der Waals surface area contributed by atoms with Gasteiger partial charge in [0, 0.05) is 23.6 Å². The van der Waals surface area contributed by atoms with E-state index in [9.17, 15) is 10.3 Å². The molecule has 4 nitrogen and oxygen atoms in total. The summed E-state index contributed by atoms with van der Waals surface area (Å²) in [5.41, 5.74) is 0.793. The highest BCUT2D eigenvalue weighted by Crippen LogP contribution is 2.33. The monoisotopic (exact) mass is 300 g/mol. The van der Waals surface area contributed by atoms with Crippen molar-refractivity contribution in [1.82, 2.24) is 0 Å². The van der Waals surface area contributed by atoms with Crippen LogP contribution in [0.25, 0.3) is 10.8 Å². The third-order valence-corrected chi connectivity index (χ3v) is 4.45. The second-order valence-corrected chi connectivity index (χ2v) is 5.86. The van der Waals surface area contributed by atoms with E-state index in [0.29, 0.717) is 11.1 Å². The maximum atomic E-state index is 10.4. The van der Waals surface area contributed by atoms with E-state index < -0.39 is 0 Å². The minimum atomic E-state index is 0.164. The zero-order valence-corrected chi connectivity index (χ0v) is 12.8. The Morgan fingerprint density at radius 2 is 1.91 bits per heavy atom.